The number of methoxy groups -OCH3 is 1. The van der Waals surface area contributed by atoms with E-state index in [0.29, 0.717) is 18.8 Å². The molecule has 112 valence electrons. The van der Waals surface area contributed by atoms with Crippen molar-refractivity contribution < 1.29 is 19.4 Å². The average Bonchev–Trinajstić information content (AvgIpc) is 2.51. The third kappa shape index (κ3) is 3.52. The highest BCUT2D eigenvalue weighted by molar-refractivity contribution is 5.88. The van der Waals surface area contributed by atoms with Crippen molar-refractivity contribution in [1.29, 1.82) is 0 Å². The van der Waals surface area contributed by atoms with Crippen molar-refractivity contribution in [1.82, 2.24) is 0 Å². The van der Waals surface area contributed by atoms with Crippen molar-refractivity contribution in [2.45, 2.75) is 25.9 Å². The lowest BCUT2D eigenvalue weighted by molar-refractivity contribution is -0.143. The number of fused-ring (bicyclic) bond motifs is 1. The van der Waals surface area contributed by atoms with Crippen LogP contribution in [-0.4, -0.2) is 24.8 Å². The van der Waals surface area contributed by atoms with E-state index in [9.17, 15) is 9.90 Å². The number of benzene rings is 2. The summed E-state index contributed by atoms with van der Waals surface area (Å²) in [6.07, 6.45) is -0.277. The minimum atomic E-state index is -0.768. The Balaban J connectivity index is 2.28. The molecular weight excluding hydrogens is 268 g/mol. The zero-order chi connectivity index (χ0) is 15.2. The van der Waals surface area contributed by atoms with Gasteiger partial charge in [0.15, 0.2) is 0 Å². The summed E-state index contributed by atoms with van der Waals surface area (Å²) in [6.45, 7) is 2.12. The monoisotopic (exact) mass is 288 g/mol. The Labute approximate surface area is 124 Å². The molecule has 0 bridgehead atoms. The molecule has 0 spiro atoms. The van der Waals surface area contributed by atoms with Gasteiger partial charge in [-0.25, -0.2) is 0 Å². The molecule has 0 aliphatic carbocycles. The van der Waals surface area contributed by atoms with Crippen LogP contribution in [0.5, 0.6) is 5.75 Å². The van der Waals surface area contributed by atoms with E-state index in [4.69, 9.17) is 9.47 Å². The standard InChI is InChI=1S/C17H20O4/c1-3-21-16(19)11-9-14(18)17-13-7-5-4-6-12(13)8-10-15(17)20-2/h4-8,10,14,18H,3,9,11H2,1-2H3. The first-order valence-corrected chi connectivity index (χ1v) is 7.06. The van der Waals surface area contributed by atoms with Gasteiger partial charge in [-0.2, -0.15) is 0 Å². The zero-order valence-electron chi connectivity index (χ0n) is 12.3. The minimum absolute atomic E-state index is 0.182. The SMILES string of the molecule is CCOC(=O)CCC(O)c1c(OC)ccc2ccccc12. The van der Waals surface area contributed by atoms with Crippen LogP contribution in [0.2, 0.25) is 0 Å². The van der Waals surface area contributed by atoms with Gasteiger partial charge in [0, 0.05) is 12.0 Å². The average molecular weight is 288 g/mol. The number of aliphatic hydroxyl groups is 1. The van der Waals surface area contributed by atoms with Crippen LogP contribution < -0.4 is 4.74 Å². The molecule has 0 aliphatic heterocycles. The molecule has 0 saturated heterocycles. The second-order valence-electron chi connectivity index (χ2n) is 4.76. The van der Waals surface area contributed by atoms with Crippen LogP contribution in [0.4, 0.5) is 0 Å². The fourth-order valence-electron chi connectivity index (χ4n) is 2.43. The van der Waals surface area contributed by atoms with Crippen molar-refractivity contribution in [3.05, 3.63) is 42.0 Å². The summed E-state index contributed by atoms with van der Waals surface area (Å²) in [5.41, 5.74) is 0.722. The van der Waals surface area contributed by atoms with Crippen molar-refractivity contribution >= 4 is 16.7 Å². The van der Waals surface area contributed by atoms with Crippen molar-refractivity contribution in [3.8, 4) is 5.75 Å². The summed E-state index contributed by atoms with van der Waals surface area (Å²) in [4.78, 5) is 11.4. The Kier molecular flexibility index (Phi) is 5.17. The number of rotatable bonds is 6. The molecule has 4 nitrogen and oxygen atoms in total. The van der Waals surface area contributed by atoms with Gasteiger partial charge in [-0.15, -0.1) is 0 Å². The molecular formula is C17H20O4. The molecule has 1 unspecified atom stereocenters. The number of aliphatic hydroxyl groups excluding tert-OH is 1. The molecule has 0 amide bonds. The van der Waals surface area contributed by atoms with Crippen LogP contribution in [0.15, 0.2) is 36.4 Å². The van der Waals surface area contributed by atoms with Gasteiger partial charge in [-0.05, 0) is 30.2 Å². The maximum atomic E-state index is 11.4. The highest BCUT2D eigenvalue weighted by atomic mass is 16.5. The van der Waals surface area contributed by atoms with E-state index in [1.54, 1.807) is 14.0 Å². The predicted molar refractivity (Wildman–Crippen MR) is 81.3 cm³/mol. The molecule has 0 heterocycles. The summed E-state index contributed by atoms with van der Waals surface area (Å²) >= 11 is 0. The first-order chi connectivity index (χ1) is 10.2. The van der Waals surface area contributed by atoms with Gasteiger partial charge in [0.05, 0.1) is 19.8 Å². The summed E-state index contributed by atoms with van der Waals surface area (Å²) < 4.78 is 10.2. The van der Waals surface area contributed by atoms with Crippen molar-refractivity contribution in [3.63, 3.8) is 0 Å². The third-order valence-electron chi connectivity index (χ3n) is 3.41. The normalized spacial score (nSPS) is 12.1. The van der Waals surface area contributed by atoms with Crippen LogP contribution >= 0.6 is 0 Å². The van der Waals surface area contributed by atoms with Crippen LogP contribution in [0.25, 0.3) is 10.8 Å². The number of ether oxygens (including phenoxy) is 2. The second kappa shape index (κ2) is 7.09. The first-order valence-electron chi connectivity index (χ1n) is 7.06. The molecule has 2 aromatic rings. The second-order valence-corrected chi connectivity index (χ2v) is 4.76. The molecule has 1 N–H and O–H groups in total. The lowest BCUT2D eigenvalue weighted by Crippen LogP contribution is -2.08. The lowest BCUT2D eigenvalue weighted by atomic mass is 9.96. The summed E-state index contributed by atoms with van der Waals surface area (Å²) in [6, 6.07) is 11.6. The number of carbonyl (C=O) groups is 1. The summed E-state index contributed by atoms with van der Waals surface area (Å²) in [5.74, 6) is 0.334. The van der Waals surface area contributed by atoms with Crippen LogP contribution in [0.3, 0.4) is 0 Å². The van der Waals surface area contributed by atoms with E-state index >= 15 is 0 Å². The van der Waals surface area contributed by atoms with E-state index in [1.807, 2.05) is 36.4 Å². The minimum Gasteiger partial charge on any atom is -0.496 e. The van der Waals surface area contributed by atoms with E-state index in [2.05, 4.69) is 0 Å². The van der Waals surface area contributed by atoms with Crippen LogP contribution in [-0.2, 0) is 9.53 Å². The Morgan fingerprint density at radius 3 is 2.71 bits per heavy atom. The first kappa shape index (κ1) is 15.3. The number of hydrogen-bond acceptors (Lipinski definition) is 4. The molecule has 2 rings (SSSR count). The van der Waals surface area contributed by atoms with E-state index in [-0.39, 0.29) is 12.4 Å². The predicted octanol–water partition coefficient (Wildman–Crippen LogP) is 3.23. The maximum absolute atomic E-state index is 11.4. The summed E-state index contributed by atoms with van der Waals surface area (Å²) in [7, 11) is 1.58. The van der Waals surface area contributed by atoms with Gasteiger partial charge in [-0.3, -0.25) is 4.79 Å². The van der Waals surface area contributed by atoms with Crippen molar-refractivity contribution in [2.75, 3.05) is 13.7 Å². The number of esters is 1. The van der Waals surface area contributed by atoms with E-state index in [1.165, 1.54) is 0 Å². The van der Waals surface area contributed by atoms with E-state index in [0.717, 1.165) is 16.3 Å². The molecule has 0 saturated carbocycles. The van der Waals surface area contributed by atoms with Gasteiger partial charge >= 0.3 is 5.97 Å². The van der Waals surface area contributed by atoms with E-state index < -0.39 is 6.10 Å². The number of hydrogen-bond donors (Lipinski definition) is 1. The molecule has 0 radical (unpaired) electrons. The van der Waals surface area contributed by atoms with Gasteiger partial charge in [-0.1, -0.05) is 30.3 Å². The third-order valence-corrected chi connectivity index (χ3v) is 3.41. The van der Waals surface area contributed by atoms with Crippen LogP contribution in [0, 0.1) is 0 Å². The largest absolute Gasteiger partial charge is 0.496 e. The Bertz CT molecular complexity index is 621. The molecule has 0 aromatic heterocycles. The van der Waals surface area contributed by atoms with Crippen LogP contribution in [0.1, 0.15) is 31.4 Å². The molecule has 0 fully saturated rings. The van der Waals surface area contributed by atoms with Gasteiger partial charge in [0.2, 0.25) is 0 Å². The number of carbonyl (C=O) groups excluding carboxylic acids is 1. The Hall–Kier alpha value is -2.07. The molecule has 2 aromatic carbocycles. The molecule has 4 heteroatoms. The zero-order valence-corrected chi connectivity index (χ0v) is 12.3. The van der Waals surface area contributed by atoms with Gasteiger partial charge in [0.1, 0.15) is 5.75 Å². The van der Waals surface area contributed by atoms with Crippen molar-refractivity contribution in [2.24, 2.45) is 0 Å². The Morgan fingerprint density at radius 1 is 1.24 bits per heavy atom. The van der Waals surface area contributed by atoms with Gasteiger partial charge in [0.25, 0.3) is 0 Å². The highest BCUT2D eigenvalue weighted by Gasteiger charge is 2.18. The quantitative estimate of drug-likeness (QED) is 0.829. The van der Waals surface area contributed by atoms with Gasteiger partial charge < -0.3 is 14.6 Å². The lowest BCUT2D eigenvalue weighted by Gasteiger charge is -2.17. The fourth-order valence-corrected chi connectivity index (χ4v) is 2.43. The molecule has 21 heavy (non-hydrogen) atoms. The molecule has 0 aliphatic rings. The fraction of sp³-hybridized carbons (Fsp3) is 0.353. The maximum Gasteiger partial charge on any atom is 0.305 e. The summed E-state index contributed by atoms with van der Waals surface area (Å²) in [5, 5.41) is 12.4. The Morgan fingerprint density at radius 2 is 2.00 bits per heavy atom. The smallest absolute Gasteiger partial charge is 0.305 e. The topological polar surface area (TPSA) is 55.8 Å². The molecule has 1 atom stereocenters. The highest BCUT2D eigenvalue weighted by Crippen LogP contribution is 2.35.